The number of aromatic nitrogens is 1. The van der Waals surface area contributed by atoms with E-state index in [0.29, 0.717) is 12.1 Å². The Balaban J connectivity index is 1.64. The summed E-state index contributed by atoms with van der Waals surface area (Å²) in [4.78, 5) is 17.9. The van der Waals surface area contributed by atoms with Crippen LogP contribution in [0.25, 0.3) is 0 Å². The number of ether oxygens (including phenoxy) is 1. The highest BCUT2D eigenvalue weighted by Gasteiger charge is 2.16. The van der Waals surface area contributed by atoms with E-state index in [9.17, 15) is 4.79 Å². The Labute approximate surface area is 134 Å². The van der Waals surface area contributed by atoms with Crippen molar-refractivity contribution in [1.82, 2.24) is 10.3 Å². The topological polar surface area (TPSA) is 51.2 Å². The van der Waals surface area contributed by atoms with Crippen LogP contribution in [0, 0.1) is 0 Å². The Hall–Kier alpha value is -1.72. The summed E-state index contributed by atoms with van der Waals surface area (Å²) in [5.41, 5.74) is 3.01. The average molecular weight is 316 g/mol. The number of pyridine rings is 1. The summed E-state index contributed by atoms with van der Waals surface area (Å²) in [5.74, 6) is -0.0838. The molecule has 5 heteroatoms. The molecular formula is C17H20N2O2S. The third kappa shape index (κ3) is 3.36. The van der Waals surface area contributed by atoms with Crippen molar-refractivity contribution in [1.29, 1.82) is 0 Å². The lowest BCUT2D eigenvalue weighted by Crippen LogP contribution is -2.29. The van der Waals surface area contributed by atoms with E-state index in [0.717, 1.165) is 23.4 Å². The summed E-state index contributed by atoms with van der Waals surface area (Å²) < 4.78 is 5.45. The van der Waals surface area contributed by atoms with Crippen LogP contribution >= 0.6 is 11.3 Å². The van der Waals surface area contributed by atoms with E-state index in [1.54, 1.807) is 24.6 Å². The average Bonchev–Trinajstić information content (AvgIpc) is 3.09. The minimum Gasteiger partial charge on any atom is -0.374 e. The Kier molecular flexibility index (Phi) is 4.85. The van der Waals surface area contributed by atoms with E-state index < -0.39 is 0 Å². The first-order chi connectivity index (χ1) is 10.8. The van der Waals surface area contributed by atoms with Gasteiger partial charge in [0.15, 0.2) is 0 Å². The van der Waals surface area contributed by atoms with Crippen molar-refractivity contribution < 1.29 is 9.53 Å². The maximum Gasteiger partial charge on any atom is 0.252 e. The van der Waals surface area contributed by atoms with Gasteiger partial charge < -0.3 is 10.1 Å². The first kappa shape index (κ1) is 15.2. The largest absolute Gasteiger partial charge is 0.374 e. The van der Waals surface area contributed by atoms with Crippen LogP contribution in [0.15, 0.2) is 29.8 Å². The number of carbonyl (C=O) groups excluding carboxylic acids is 1. The zero-order valence-electron chi connectivity index (χ0n) is 12.7. The molecule has 0 radical (unpaired) electrons. The van der Waals surface area contributed by atoms with Crippen LogP contribution in [0.3, 0.4) is 0 Å². The molecule has 0 aromatic carbocycles. The molecule has 0 fully saturated rings. The molecule has 0 unspecified atom stereocenters. The predicted octanol–water partition coefficient (Wildman–Crippen LogP) is 3.14. The normalized spacial score (nSPS) is 15.1. The minimum atomic E-state index is -0.102. The van der Waals surface area contributed by atoms with Gasteiger partial charge in [0.1, 0.15) is 6.10 Å². The van der Waals surface area contributed by atoms with Crippen molar-refractivity contribution in [2.24, 2.45) is 0 Å². The molecular weight excluding hydrogens is 296 g/mol. The molecule has 0 saturated carbocycles. The van der Waals surface area contributed by atoms with Crippen molar-refractivity contribution in [3.05, 3.63) is 51.5 Å². The van der Waals surface area contributed by atoms with Crippen LogP contribution in [0.4, 0.5) is 0 Å². The second-order valence-electron chi connectivity index (χ2n) is 5.49. The molecule has 0 saturated heterocycles. The molecule has 22 heavy (non-hydrogen) atoms. The number of carbonyl (C=O) groups is 1. The van der Waals surface area contributed by atoms with Gasteiger partial charge >= 0.3 is 0 Å². The van der Waals surface area contributed by atoms with Crippen molar-refractivity contribution in [3.63, 3.8) is 0 Å². The molecule has 1 N–H and O–H groups in total. The van der Waals surface area contributed by atoms with Gasteiger partial charge in [0, 0.05) is 30.4 Å². The maximum atomic E-state index is 12.3. The summed E-state index contributed by atoms with van der Waals surface area (Å²) in [6, 6.07) is 6.00. The van der Waals surface area contributed by atoms with E-state index in [-0.39, 0.29) is 12.0 Å². The van der Waals surface area contributed by atoms with E-state index in [4.69, 9.17) is 4.74 Å². The highest BCUT2D eigenvalue weighted by molar-refractivity contribution is 7.10. The van der Waals surface area contributed by atoms with E-state index >= 15 is 0 Å². The third-order valence-electron chi connectivity index (χ3n) is 4.02. The van der Waals surface area contributed by atoms with Crippen LogP contribution in [-0.4, -0.2) is 24.5 Å². The fourth-order valence-corrected chi connectivity index (χ4v) is 3.58. The fourth-order valence-electron chi connectivity index (χ4n) is 2.77. The zero-order valence-corrected chi connectivity index (χ0v) is 13.5. The number of fused-ring (bicyclic) bond motifs is 1. The number of nitrogens with one attached hydrogen (secondary N) is 1. The van der Waals surface area contributed by atoms with E-state index in [1.807, 2.05) is 23.6 Å². The smallest absolute Gasteiger partial charge is 0.252 e. The number of methoxy groups -OCH3 is 1. The molecule has 1 aliphatic rings. The summed E-state index contributed by atoms with van der Waals surface area (Å²) in [7, 11) is 1.66. The van der Waals surface area contributed by atoms with Crippen LogP contribution in [0.2, 0.25) is 0 Å². The molecule has 2 heterocycles. The monoisotopic (exact) mass is 316 g/mol. The number of rotatable bonds is 5. The van der Waals surface area contributed by atoms with Crippen molar-refractivity contribution >= 4 is 17.2 Å². The number of hydrogen-bond acceptors (Lipinski definition) is 4. The number of thiophene rings is 1. The Morgan fingerprint density at radius 1 is 1.45 bits per heavy atom. The van der Waals surface area contributed by atoms with Crippen molar-refractivity contribution in [2.45, 2.75) is 31.8 Å². The molecule has 3 rings (SSSR count). The lowest BCUT2D eigenvalue weighted by atomic mass is 9.95. The lowest BCUT2D eigenvalue weighted by Gasteiger charge is -2.17. The first-order valence-corrected chi connectivity index (χ1v) is 8.48. The van der Waals surface area contributed by atoms with Crippen LogP contribution in [0.1, 0.15) is 45.4 Å². The first-order valence-electron chi connectivity index (χ1n) is 7.60. The predicted molar refractivity (Wildman–Crippen MR) is 87.3 cm³/mol. The van der Waals surface area contributed by atoms with Crippen molar-refractivity contribution in [3.8, 4) is 0 Å². The van der Waals surface area contributed by atoms with Gasteiger partial charge in [-0.05, 0) is 48.8 Å². The summed E-state index contributed by atoms with van der Waals surface area (Å²) in [6.07, 6.45) is 6.02. The minimum absolute atomic E-state index is 0.0838. The van der Waals surface area contributed by atoms with Crippen LogP contribution in [0.5, 0.6) is 0 Å². The second kappa shape index (κ2) is 7.03. The molecule has 1 aliphatic carbocycles. The zero-order chi connectivity index (χ0) is 15.4. The number of nitrogens with zero attached hydrogens (tertiary/aromatic N) is 1. The molecule has 0 spiro atoms. The standard InChI is InChI=1S/C17H20N2O2S/c1-21-15(16-7-4-8-22-16)11-19-17(20)13-9-12-5-2-3-6-14(12)18-10-13/h4,7-10,15H,2-3,5-6,11H2,1H3,(H,19,20)/t15-/m1/s1. The third-order valence-corrected chi connectivity index (χ3v) is 4.99. The maximum absolute atomic E-state index is 12.3. The quantitative estimate of drug-likeness (QED) is 0.922. The van der Waals surface area contributed by atoms with Gasteiger partial charge in [-0.3, -0.25) is 9.78 Å². The Morgan fingerprint density at radius 3 is 3.09 bits per heavy atom. The van der Waals surface area contributed by atoms with Gasteiger partial charge in [0.2, 0.25) is 0 Å². The molecule has 2 aromatic heterocycles. The van der Waals surface area contributed by atoms with Gasteiger partial charge in [0.25, 0.3) is 5.91 Å². The van der Waals surface area contributed by atoms with Gasteiger partial charge in [-0.15, -0.1) is 11.3 Å². The van der Waals surface area contributed by atoms with E-state index in [1.165, 1.54) is 18.4 Å². The molecule has 0 aliphatic heterocycles. The molecule has 2 aromatic rings. The summed E-state index contributed by atoms with van der Waals surface area (Å²) in [6.45, 7) is 0.465. The highest BCUT2D eigenvalue weighted by Crippen LogP contribution is 2.22. The summed E-state index contributed by atoms with van der Waals surface area (Å²) >= 11 is 1.63. The van der Waals surface area contributed by atoms with Crippen LogP contribution in [-0.2, 0) is 17.6 Å². The highest BCUT2D eigenvalue weighted by atomic mass is 32.1. The van der Waals surface area contributed by atoms with Gasteiger partial charge in [-0.25, -0.2) is 0 Å². The Morgan fingerprint density at radius 2 is 2.32 bits per heavy atom. The Bertz CT molecular complexity index is 640. The number of aryl methyl sites for hydroxylation is 2. The van der Waals surface area contributed by atoms with Gasteiger partial charge in [-0.1, -0.05) is 6.07 Å². The van der Waals surface area contributed by atoms with Gasteiger partial charge in [-0.2, -0.15) is 0 Å². The molecule has 0 bridgehead atoms. The SMILES string of the molecule is CO[C@H](CNC(=O)c1cnc2c(c1)CCCC2)c1cccs1. The lowest BCUT2D eigenvalue weighted by molar-refractivity contribution is 0.0837. The number of hydrogen-bond donors (Lipinski definition) is 1. The van der Waals surface area contributed by atoms with Crippen molar-refractivity contribution in [2.75, 3.05) is 13.7 Å². The molecule has 1 amide bonds. The van der Waals surface area contributed by atoms with E-state index in [2.05, 4.69) is 10.3 Å². The second-order valence-corrected chi connectivity index (χ2v) is 6.47. The van der Waals surface area contributed by atoms with Crippen LogP contribution < -0.4 is 5.32 Å². The number of amides is 1. The molecule has 1 atom stereocenters. The fraction of sp³-hybridized carbons (Fsp3) is 0.412. The molecule has 4 nitrogen and oxygen atoms in total. The summed E-state index contributed by atoms with van der Waals surface area (Å²) in [5, 5.41) is 4.96. The van der Waals surface area contributed by atoms with Gasteiger partial charge in [0.05, 0.1) is 5.56 Å². The molecule has 116 valence electrons.